The molecule has 0 aromatic rings. The van der Waals surface area contributed by atoms with E-state index in [0.29, 0.717) is 0 Å². The highest BCUT2D eigenvalue weighted by Gasteiger charge is 1.71. The number of allylic oxidation sites excluding steroid dienone is 12. The van der Waals surface area contributed by atoms with Gasteiger partial charge in [0, 0.05) is 0 Å². The van der Waals surface area contributed by atoms with Gasteiger partial charge in [-0.2, -0.15) is 0 Å². The quantitative estimate of drug-likeness (QED) is 0.531. The smallest absolute Gasteiger partial charge is 0.0163 e. The molecule has 2 aliphatic carbocycles. The van der Waals surface area contributed by atoms with Crippen molar-refractivity contribution < 1.29 is 0 Å². The van der Waals surface area contributed by atoms with Crippen molar-refractivity contribution in [2.75, 3.05) is 0 Å². The highest BCUT2D eigenvalue weighted by molar-refractivity contribution is 5.16. The Morgan fingerprint density at radius 2 is 0.643 bits per heavy atom. The van der Waals surface area contributed by atoms with E-state index in [9.17, 15) is 0 Å². The molecular formula is C14H16. The number of hydrogen-bond donors (Lipinski definition) is 0. The van der Waals surface area contributed by atoms with E-state index in [1.165, 1.54) is 0 Å². The average Bonchev–Trinajstić information content (AvgIpc) is 2.68. The van der Waals surface area contributed by atoms with Gasteiger partial charge >= 0.3 is 0 Å². The van der Waals surface area contributed by atoms with Gasteiger partial charge in [-0.1, -0.05) is 72.9 Å². The topological polar surface area (TPSA) is 0 Å². The molecule has 14 heavy (non-hydrogen) atoms. The Morgan fingerprint density at radius 1 is 0.357 bits per heavy atom. The fourth-order valence-corrected chi connectivity index (χ4v) is 1.04. The van der Waals surface area contributed by atoms with Crippen LogP contribution in [0.1, 0.15) is 12.8 Å². The minimum absolute atomic E-state index is 1.08. The van der Waals surface area contributed by atoms with Crippen LogP contribution in [0.4, 0.5) is 0 Å². The molecule has 0 radical (unpaired) electrons. The van der Waals surface area contributed by atoms with Crippen LogP contribution in [0, 0.1) is 0 Å². The molecule has 0 unspecified atom stereocenters. The second kappa shape index (κ2) is 8.06. The van der Waals surface area contributed by atoms with Crippen LogP contribution >= 0.6 is 0 Å². The molecule has 2 rings (SSSR count). The van der Waals surface area contributed by atoms with Crippen molar-refractivity contribution in [3.63, 3.8) is 0 Å². The van der Waals surface area contributed by atoms with E-state index in [2.05, 4.69) is 48.6 Å². The lowest BCUT2D eigenvalue weighted by molar-refractivity contribution is 1.41. The molecule has 0 aliphatic heterocycles. The summed E-state index contributed by atoms with van der Waals surface area (Å²) < 4.78 is 0. The van der Waals surface area contributed by atoms with Crippen LogP contribution in [0.25, 0.3) is 0 Å². The molecule has 0 spiro atoms. The third kappa shape index (κ3) is 6.01. The molecule has 0 bridgehead atoms. The van der Waals surface area contributed by atoms with E-state index in [-0.39, 0.29) is 0 Å². The summed E-state index contributed by atoms with van der Waals surface area (Å²) in [5.74, 6) is 0. The van der Waals surface area contributed by atoms with Gasteiger partial charge in [-0.3, -0.25) is 0 Å². The highest BCUT2D eigenvalue weighted by Crippen LogP contribution is 1.92. The zero-order valence-corrected chi connectivity index (χ0v) is 8.34. The van der Waals surface area contributed by atoms with Crippen LogP contribution in [-0.2, 0) is 0 Å². The maximum atomic E-state index is 2.12. The molecule has 72 valence electrons. The van der Waals surface area contributed by atoms with Crippen molar-refractivity contribution in [3.8, 4) is 0 Å². The monoisotopic (exact) mass is 184 g/mol. The second-order valence-electron chi connectivity index (χ2n) is 2.95. The lowest BCUT2D eigenvalue weighted by atomic mass is 10.4. The van der Waals surface area contributed by atoms with Crippen LogP contribution < -0.4 is 0 Å². The van der Waals surface area contributed by atoms with Gasteiger partial charge in [0.05, 0.1) is 0 Å². The molecule has 0 amide bonds. The van der Waals surface area contributed by atoms with Crippen molar-refractivity contribution in [1.82, 2.24) is 0 Å². The van der Waals surface area contributed by atoms with Gasteiger partial charge in [0.1, 0.15) is 0 Å². The third-order valence-corrected chi connectivity index (χ3v) is 1.76. The first-order chi connectivity index (χ1) is 7.00. The molecular weight excluding hydrogens is 168 g/mol. The Morgan fingerprint density at radius 3 is 0.929 bits per heavy atom. The minimum atomic E-state index is 1.08. The molecule has 0 heteroatoms. The lowest BCUT2D eigenvalue weighted by Crippen LogP contribution is -1.48. The van der Waals surface area contributed by atoms with Gasteiger partial charge in [-0.15, -0.1) is 0 Å². The van der Waals surface area contributed by atoms with Gasteiger partial charge in [0.15, 0.2) is 0 Å². The van der Waals surface area contributed by atoms with Gasteiger partial charge in [-0.05, 0) is 12.8 Å². The molecule has 0 atom stereocenters. The number of hydrogen-bond acceptors (Lipinski definition) is 0. The fraction of sp³-hybridized carbons (Fsp3) is 0.143. The van der Waals surface area contributed by atoms with Crippen LogP contribution in [0.15, 0.2) is 72.9 Å². The summed E-state index contributed by atoms with van der Waals surface area (Å²) in [5.41, 5.74) is 0. The average molecular weight is 184 g/mol. The zero-order valence-electron chi connectivity index (χ0n) is 8.34. The molecule has 0 fully saturated rings. The largest absolute Gasteiger partial charge is 0.0807 e. The van der Waals surface area contributed by atoms with E-state index in [1.54, 1.807) is 0 Å². The first kappa shape index (κ1) is 10.5. The van der Waals surface area contributed by atoms with Crippen molar-refractivity contribution in [2.24, 2.45) is 0 Å². The van der Waals surface area contributed by atoms with Crippen LogP contribution in [0.2, 0.25) is 0 Å². The predicted molar refractivity (Wildman–Crippen MR) is 64.1 cm³/mol. The molecule has 2 aliphatic rings. The van der Waals surface area contributed by atoms with E-state index < -0.39 is 0 Å². The van der Waals surface area contributed by atoms with Gasteiger partial charge in [0.2, 0.25) is 0 Å². The lowest BCUT2D eigenvalue weighted by Gasteiger charge is -1.69. The van der Waals surface area contributed by atoms with Gasteiger partial charge in [0.25, 0.3) is 0 Å². The van der Waals surface area contributed by atoms with Crippen LogP contribution in [0.5, 0.6) is 0 Å². The Bertz CT molecular complexity index is 236. The fourth-order valence-electron chi connectivity index (χ4n) is 1.04. The highest BCUT2D eigenvalue weighted by atomic mass is 13.8. The van der Waals surface area contributed by atoms with Crippen LogP contribution in [-0.4, -0.2) is 0 Å². The van der Waals surface area contributed by atoms with Crippen molar-refractivity contribution in [2.45, 2.75) is 12.8 Å². The third-order valence-electron chi connectivity index (χ3n) is 1.76. The second-order valence-corrected chi connectivity index (χ2v) is 2.95. The van der Waals surface area contributed by atoms with E-state index in [0.717, 1.165) is 12.8 Å². The summed E-state index contributed by atoms with van der Waals surface area (Å²) in [5, 5.41) is 0. The van der Waals surface area contributed by atoms with Crippen LogP contribution in [0.3, 0.4) is 0 Å². The van der Waals surface area contributed by atoms with Crippen molar-refractivity contribution in [3.05, 3.63) is 72.9 Å². The Labute approximate surface area is 86.3 Å². The first-order valence-electron chi connectivity index (χ1n) is 4.97. The van der Waals surface area contributed by atoms with Gasteiger partial charge < -0.3 is 0 Å². The molecule has 0 nitrogen and oxygen atoms in total. The summed E-state index contributed by atoms with van der Waals surface area (Å²) in [6, 6.07) is 0. The standard InChI is InChI=1S/2C7H8/c2*1-2-4-6-7-5-3-1/h2*1-6H,7H2. The summed E-state index contributed by atoms with van der Waals surface area (Å²) in [6.45, 7) is 0. The molecule has 0 N–H and O–H groups in total. The van der Waals surface area contributed by atoms with E-state index in [1.807, 2.05) is 24.3 Å². The Balaban J connectivity index is 0.000000140. The molecule has 0 aromatic carbocycles. The van der Waals surface area contributed by atoms with E-state index in [4.69, 9.17) is 0 Å². The molecule has 0 heterocycles. The Kier molecular flexibility index (Phi) is 6.05. The SMILES string of the molecule is C1=CC=CCC=C1.C1=CC=CCC=C1. The van der Waals surface area contributed by atoms with Gasteiger partial charge in [-0.25, -0.2) is 0 Å². The summed E-state index contributed by atoms with van der Waals surface area (Å²) in [7, 11) is 0. The molecule has 0 saturated heterocycles. The summed E-state index contributed by atoms with van der Waals surface area (Å²) >= 11 is 0. The van der Waals surface area contributed by atoms with Crippen molar-refractivity contribution >= 4 is 0 Å². The van der Waals surface area contributed by atoms with Crippen molar-refractivity contribution in [1.29, 1.82) is 0 Å². The normalized spacial score (nSPS) is 17.1. The molecule has 0 aromatic heterocycles. The molecule has 0 saturated carbocycles. The number of rotatable bonds is 0. The summed E-state index contributed by atoms with van der Waals surface area (Å²) in [4.78, 5) is 0. The first-order valence-corrected chi connectivity index (χ1v) is 4.97. The Hall–Kier alpha value is -1.56. The summed E-state index contributed by atoms with van der Waals surface area (Å²) in [6.07, 6.45) is 27.0. The maximum absolute atomic E-state index is 2.12. The minimum Gasteiger partial charge on any atom is -0.0807 e. The predicted octanol–water partition coefficient (Wildman–Crippen LogP) is 4.12. The zero-order chi connectivity index (χ0) is 9.90. The van der Waals surface area contributed by atoms with E-state index >= 15 is 0 Å². The maximum Gasteiger partial charge on any atom is -0.0163 e.